The summed E-state index contributed by atoms with van der Waals surface area (Å²) in [6, 6.07) is 79.7. The van der Waals surface area contributed by atoms with E-state index in [0.29, 0.717) is 0 Å². The average molecular weight is 1090 g/mol. The summed E-state index contributed by atoms with van der Waals surface area (Å²) in [5.41, 5.74) is 31.5. The van der Waals surface area contributed by atoms with Crippen molar-refractivity contribution in [3.05, 3.63) is 278 Å². The Morgan fingerprint density at radius 1 is 0.265 bits per heavy atom. The van der Waals surface area contributed by atoms with Crippen LogP contribution in [0, 0.1) is 0 Å². The number of hydrogen-bond acceptors (Lipinski definition) is 2. The largest absolute Gasteiger partial charge is 0.310 e. The first-order chi connectivity index (χ1) is 39.4. The molecule has 0 aromatic heterocycles. The molecule has 5 aliphatic rings. The van der Waals surface area contributed by atoms with Crippen molar-refractivity contribution in [3.8, 4) is 44.5 Å². The van der Waals surface area contributed by atoms with Crippen molar-refractivity contribution < 1.29 is 0 Å². The highest BCUT2D eigenvalue weighted by Gasteiger charge is 2.54. The van der Waals surface area contributed by atoms with Gasteiger partial charge in [-0.15, -0.1) is 0 Å². The number of fused-ring (bicyclic) bond motifs is 22. The molecule has 1 aliphatic heterocycles. The second kappa shape index (κ2) is 17.2. The second-order valence-corrected chi connectivity index (χ2v) is 30.4. The maximum atomic E-state index is 2.62. The molecule has 0 amide bonds. The van der Waals surface area contributed by atoms with E-state index in [1.165, 1.54) is 132 Å². The van der Waals surface area contributed by atoms with Gasteiger partial charge in [-0.05, 0) is 193 Å². The summed E-state index contributed by atoms with van der Waals surface area (Å²) in [6.07, 6.45) is 0. The molecule has 1 nitrogen and oxygen atoms in total. The summed E-state index contributed by atoms with van der Waals surface area (Å²) >= 11 is 1.93. The van der Waals surface area contributed by atoms with Crippen LogP contribution in [-0.4, -0.2) is 0 Å². The number of anilines is 3. The van der Waals surface area contributed by atoms with Crippen molar-refractivity contribution in [2.75, 3.05) is 4.90 Å². The standard InChI is InChI=1S/C81H75NS/c1-75(2,3)48-27-34-58-59-35-28-49(76(4,5)6)42-68(59)80(67(58)41-48)64-24-18-16-22-56(64)62-39-32-53(46-71(62)80)82(52-31-38-57-55-21-15-17-23-63(55)79(13,14)66(57)45-52)54-33-40-74-72(47-54)81(65-25-19-20-26-73(65)83-74)69-43-50(77(7,8)9)29-36-60(69)61-37-30-51(44-70(61)81)78(10,11)12/h15-47H,1-14H3. The van der Waals surface area contributed by atoms with Crippen LogP contribution in [0.4, 0.5) is 17.1 Å². The molecule has 0 unspecified atom stereocenters. The fourth-order valence-corrected chi connectivity index (χ4v) is 16.7. The average Bonchev–Trinajstić information content (AvgIpc) is 1.58. The molecule has 10 aromatic carbocycles. The summed E-state index contributed by atoms with van der Waals surface area (Å²) in [4.78, 5) is 5.24. The Hall–Kier alpha value is -7.65. The fraction of sp³-hybridized carbons (Fsp3) is 0.259. The van der Waals surface area contributed by atoms with E-state index in [-0.39, 0.29) is 27.1 Å². The Kier molecular flexibility index (Phi) is 10.8. The normalized spacial score (nSPS) is 15.8. The van der Waals surface area contributed by atoms with Crippen molar-refractivity contribution in [2.45, 2.75) is 145 Å². The Labute approximate surface area is 497 Å². The molecule has 4 aliphatic carbocycles. The molecular weight excluding hydrogens is 1020 g/mol. The van der Waals surface area contributed by atoms with E-state index in [9.17, 15) is 0 Å². The molecule has 1 heterocycles. The van der Waals surface area contributed by atoms with Crippen LogP contribution >= 0.6 is 11.8 Å². The number of nitrogens with zero attached hydrogens (tertiary/aromatic N) is 1. The predicted molar refractivity (Wildman–Crippen MR) is 351 cm³/mol. The molecule has 10 aromatic rings. The van der Waals surface area contributed by atoms with Gasteiger partial charge in [0.1, 0.15) is 0 Å². The monoisotopic (exact) mass is 1090 g/mol. The van der Waals surface area contributed by atoms with Gasteiger partial charge in [0.15, 0.2) is 0 Å². The lowest BCUT2D eigenvalue weighted by atomic mass is 9.66. The molecule has 0 bridgehead atoms. The van der Waals surface area contributed by atoms with Gasteiger partial charge < -0.3 is 4.90 Å². The minimum Gasteiger partial charge on any atom is -0.310 e. The number of hydrogen-bond donors (Lipinski definition) is 0. The maximum absolute atomic E-state index is 2.62. The first kappa shape index (κ1) is 52.2. The summed E-state index contributed by atoms with van der Waals surface area (Å²) in [5, 5.41) is 0. The molecule has 0 saturated carbocycles. The summed E-state index contributed by atoms with van der Waals surface area (Å²) in [6.45, 7) is 33.2. The van der Waals surface area contributed by atoms with Gasteiger partial charge in [0, 0.05) is 32.3 Å². The van der Waals surface area contributed by atoms with Crippen LogP contribution in [0.1, 0.15) is 175 Å². The highest BCUT2D eigenvalue weighted by atomic mass is 32.2. The SMILES string of the molecule is CC(C)(C)c1ccc2c(c1)C1(c3ccccc3Sc3ccc(N(c4ccc5c(c4)C(C)(C)c4ccccc4-5)c4ccc5c(c4)C4(c6ccccc6-5)c5cc(C(C)(C)C)ccc5-c5ccc(C(C)(C)C)cc54)cc31)c1cc(C(C)(C)C)ccc1-2. The number of rotatable bonds is 3. The van der Waals surface area contributed by atoms with Crippen molar-refractivity contribution in [2.24, 2.45) is 0 Å². The molecule has 83 heavy (non-hydrogen) atoms. The van der Waals surface area contributed by atoms with Crippen LogP contribution in [0.3, 0.4) is 0 Å². The zero-order valence-corrected chi connectivity index (χ0v) is 51.7. The minimum absolute atomic E-state index is 0.0479. The van der Waals surface area contributed by atoms with Crippen LogP contribution in [0.2, 0.25) is 0 Å². The second-order valence-electron chi connectivity index (χ2n) is 29.3. The molecule has 0 atom stereocenters. The van der Waals surface area contributed by atoms with Crippen molar-refractivity contribution in [3.63, 3.8) is 0 Å². The van der Waals surface area contributed by atoms with Gasteiger partial charge >= 0.3 is 0 Å². The third kappa shape index (κ3) is 7.21. The van der Waals surface area contributed by atoms with Gasteiger partial charge in [0.05, 0.1) is 10.8 Å². The molecular formula is C81H75NS. The van der Waals surface area contributed by atoms with Gasteiger partial charge in [0.2, 0.25) is 0 Å². The molecule has 0 N–H and O–H groups in total. The summed E-state index contributed by atoms with van der Waals surface area (Å²) in [7, 11) is 0. The quantitative estimate of drug-likeness (QED) is 0.173. The van der Waals surface area contributed by atoms with E-state index in [1.807, 2.05) is 11.8 Å². The Morgan fingerprint density at radius 2 is 0.566 bits per heavy atom. The fourth-order valence-electron chi connectivity index (χ4n) is 15.5. The van der Waals surface area contributed by atoms with Crippen LogP contribution in [0.25, 0.3) is 44.5 Å². The van der Waals surface area contributed by atoms with E-state index in [1.54, 1.807) is 0 Å². The first-order valence-corrected chi connectivity index (χ1v) is 31.0. The molecule has 2 spiro atoms. The highest BCUT2D eigenvalue weighted by Crippen LogP contribution is 2.66. The molecule has 2 heteroatoms. The molecule has 410 valence electrons. The van der Waals surface area contributed by atoms with E-state index in [2.05, 4.69) is 302 Å². The third-order valence-corrected chi connectivity index (χ3v) is 21.1. The van der Waals surface area contributed by atoms with Gasteiger partial charge in [-0.1, -0.05) is 260 Å². The van der Waals surface area contributed by atoms with Crippen LogP contribution < -0.4 is 4.90 Å². The van der Waals surface area contributed by atoms with Crippen LogP contribution in [0.15, 0.2) is 210 Å². The smallest absolute Gasteiger partial charge is 0.0736 e. The van der Waals surface area contributed by atoms with Crippen molar-refractivity contribution in [1.82, 2.24) is 0 Å². The predicted octanol–water partition coefficient (Wildman–Crippen LogP) is 21.8. The zero-order valence-electron chi connectivity index (χ0n) is 50.9. The van der Waals surface area contributed by atoms with Gasteiger partial charge in [-0.25, -0.2) is 0 Å². The van der Waals surface area contributed by atoms with Gasteiger partial charge in [-0.3, -0.25) is 0 Å². The van der Waals surface area contributed by atoms with Gasteiger partial charge in [-0.2, -0.15) is 0 Å². The lowest BCUT2D eigenvalue weighted by Crippen LogP contribution is -2.33. The van der Waals surface area contributed by atoms with E-state index in [4.69, 9.17) is 0 Å². The van der Waals surface area contributed by atoms with E-state index < -0.39 is 10.8 Å². The van der Waals surface area contributed by atoms with Crippen molar-refractivity contribution >= 4 is 28.8 Å². The Bertz CT molecular complexity index is 4310. The molecule has 0 saturated heterocycles. The first-order valence-electron chi connectivity index (χ1n) is 30.2. The topological polar surface area (TPSA) is 3.24 Å². The molecule has 0 radical (unpaired) electrons. The third-order valence-electron chi connectivity index (χ3n) is 20.0. The van der Waals surface area contributed by atoms with E-state index in [0.717, 1.165) is 17.1 Å². The van der Waals surface area contributed by atoms with Crippen LogP contribution in [0.5, 0.6) is 0 Å². The summed E-state index contributed by atoms with van der Waals surface area (Å²) < 4.78 is 0. The highest BCUT2D eigenvalue weighted by molar-refractivity contribution is 7.99. The van der Waals surface area contributed by atoms with Gasteiger partial charge in [0.25, 0.3) is 0 Å². The Balaban J connectivity index is 1.04. The lowest BCUT2D eigenvalue weighted by Gasteiger charge is -2.41. The molecule has 15 rings (SSSR count). The Morgan fingerprint density at radius 3 is 1.02 bits per heavy atom. The lowest BCUT2D eigenvalue weighted by molar-refractivity contribution is 0.585. The van der Waals surface area contributed by atoms with Crippen LogP contribution in [-0.2, 0) is 37.9 Å². The van der Waals surface area contributed by atoms with E-state index >= 15 is 0 Å². The number of benzene rings is 10. The molecule has 0 fully saturated rings. The van der Waals surface area contributed by atoms with Crippen molar-refractivity contribution in [1.29, 1.82) is 0 Å². The minimum atomic E-state index is -0.593. The summed E-state index contributed by atoms with van der Waals surface area (Å²) in [5.74, 6) is 0. The zero-order chi connectivity index (χ0) is 57.7. The maximum Gasteiger partial charge on any atom is 0.0736 e.